The number of ether oxygens (including phenoxy) is 1. The van der Waals surface area contributed by atoms with Crippen LogP contribution in [-0.4, -0.2) is 92.9 Å². The number of hydrogen-bond acceptors (Lipinski definition) is 7. The van der Waals surface area contributed by atoms with Crippen LogP contribution in [0, 0.1) is 24.7 Å². The zero-order valence-electron chi connectivity index (χ0n) is 31.9. The van der Waals surface area contributed by atoms with Crippen LogP contribution in [0.5, 0.6) is 0 Å². The molecule has 11 nitrogen and oxygen atoms in total. The number of hydrogen-bond donors (Lipinski definition) is 3. The number of carbonyl (C=O) groups is 3. The number of carboxylic acids is 1. The Hall–Kier alpha value is -5.48. The third kappa shape index (κ3) is 9.61. The summed E-state index contributed by atoms with van der Waals surface area (Å²) in [6.45, 7) is 11.0. The fraction of sp³-hybridized carbons (Fsp3) is 0.429. The lowest BCUT2D eigenvalue weighted by molar-refractivity contribution is -0.00635. The first kappa shape index (κ1) is 39.2. The molecule has 2 aliphatic heterocycles. The van der Waals surface area contributed by atoms with Gasteiger partial charge in [0.25, 0.3) is 11.8 Å². The highest BCUT2D eigenvalue weighted by Crippen LogP contribution is 2.32. The maximum absolute atomic E-state index is 15.0. The first-order chi connectivity index (χ1) is 26.1. The molecule has 0 saturated carbocycles. The first-order valence-corrected chi connectivity index (χ1v) is 18.6. The molecule has 6 rings (SSSR count). The molecular weight excluding hydrogens is 706 g/mol. The van der Waals surface area contributed by atoms with Gasteiger partial charge in [-0.25, -0.2) is 18.4 Å². The molecule has 2 atom stereocenters. The number of anilines is 1. The largest absolute Gasteiger partial charge is 0.478 e. The number of likely N-dealkylation sites (tertiary alicyclic amines) is 2. The molecule has 0 bridgehead atoms. The van der Waals surface area contributed by atoms with E-state index in [0.717, 1.165) is 59.3 Å². The number of aromatic nitrogens is 2. The average molecular weight is 755 g/mol. The van der Waals surface area contributed by atoms with Gasteiger partial charge < -0.3 is 25.4 Å². The molecule has 3 N–H and O–H groups in total. The summed E-state index contributed by atoms with van der Waals surface area (Å²) in [6, 6.07) is 15.2. The molecular formula is C42H48F2N6O5. The van der Waals surface area contributed by atoms with Gasteiger partial charge in [0.15, 0.2) is 0 Å². The summed E-state index contributed by atoms with van der Waals surface area (Å²) >= 11 is 0. The summed E-state index contributed by atoms with van der Waals surface area (Å²) in [4.78, 5) is 40.7. The summed E-state index contributed by atoms with van der Waals surface area (Å²) in [5.41, 5.74) is 2.62. The van der Waals surface area contributed by atoms with Crippen molar-refractivity contribution in [2.45, 2.75) is 77.6 Å². The lowest BCUT2D eigenvalue weighted by Gasteiger charge is -2.29. The Kier molecular flexibility index (Phi) is 11.5. The monoisotopic (exact) mass is 754 g/mol. The molecule has 2 saturated heterocycles. The number of aryl methyl sites for hydroxylation is 1. The zero-order valence-corrected chi connectivity index (χ0v) is 31.9. The number of fused-ring (bicyclic) bond motifs is 1. The Morgan fingerprint density at radius 2 is 1.78 bits per heavy atom. The van der Waals surface area contributed by atoms with Gasteiger partial charge in [0.2, 0.25) is 0 Å². The summed E-state index contributed by atoms with van der Waals surface area (Å²) in [6.07, 6.45) is 4.01. The van der Waals surface area contributed by atoms with Crippen LogP contribution in [0.2, 0.25) is 0 Å². The van der Waals surface area contributed by atoms with Gasteiger partial charge in [-0.2, -0.15) is 5.10 Å². The summed E-state index contributed by atoms with van der Waals surface area (Å²) < 4.78 is 37.0. The van der Waals surface area contributed by atoms with Crippen molar-refractivity contribution in [1.29, 1.82) is 0 Å². The van der Waals surface area contributed by atoms with Crippen LogP contribution in [-0.2, 0) is 11.3 Å². The molecule has 2 aliphatic rings. The van der Waals surface area contributed by atoms with Crippen molar-refractivity contribution in [3.8, 4) is 11.8 Å². The highest BCUT2D eigenvalue weighted by molar-refractivity contribution is 5.98. The molecule has 3 heterocycles. The van der Waals surface area contributed by atoms with Crippen molar-refractivity contribution in [3.63, 3.8) is 0 Å². The van der Waals surface area contributed by atoms with Crippen LogP contribution < -0.4 is 10.6 Å². The maximum atomic E-state index is 15.0. The molecule has 0 spiro atoms. The minimum Gasteiger partial charge on any atom is -0.478 e. The van der Waals surface area contributed by atoms with Crippen LogP contribution in [0.4, 0.5) is 19.3 Å². The first-order valence-electron chi connectivity index (χ1n) is 18.6. The lowest BCUT2D eigenvalue weighted by Crippen LogP contribution is -2.38. The standard InChI is InChI=1S/C42H48F2N6O5/c1-27-10-14-32(47-37-25-49(26-42(37,43)44)40(54)55-41(3,4)5)22-36(27)38(51)46-28(2)33-15-13-30(34-8-6-7-9-35(33)34)12-11-29-16-18-48(19-17-29)20-21-50-24-31(23-45-50)39(52)53/h6-10,13-15,22-24,28-29,37,47H,16-21,25-26H2,1-5H3,(H,46,51)(H,52,53)/t28-,37+/m1/s1. The lowest BCUT2D eigenvalue weighted by atomic mass is 9.94. The Bertz CT molecular complexity index is 2130. The Morgan fingerprint density at radius 3 is 2.47 bits per heavy atom. The Labute approximate surface area is 320 Å². The number of nitrogens with one attached hydrogen (secondary N) is 2. The third-order valence-corrected chi connectivity index (χ3v) is 10.1. The summed E-state index contributed by atoms with van der Waals surface area (Å²) in [5, 5.41) is 21.2. The number of piperidine rings is 1. The van der Waals surface area contributed by atoms with E-state index in [-0.39, 0.29) is 30.0 Å². The third-order valence-electron chi connectivity index (χ3n) is 10.1. The summed E-state index contributed by atoms with van der Waals surface area (Å²) in [5.74, 6) is 2.66. The average Bonchev–Trinajstić information content (AvgIpc) is 3.74. The number of carboxylic acid groups (broad SMARTS) is 1. The Morgan fingerprint density at radius 1 is 1.05 bits per heavy atom. The molecule has 290 valence electrons. The van der Waals surface area contributed by atoms with E-state index in [1.165, 1.54) is 6.20 Å². The van der Waals surface area contributed by atoms with Crippen molar-refractivity contribution in [3.05, 3.63) is 94.8 Å². The van der Waals surface area contributed by atoms with Crippen LogP contribution in [0.3, 0.4) is 0 Å². The van der Waals surface area contributed by atoms with Gasteiger partial charge in [-0.05, 0) is 101 Å². The van der Waals surface area contributed by atoms with Crippen molar-refractivity contribution in [2.24, 2.45) is 5.92 Å². The molecule has 0 unspecified atom stereocenters. The van der Waals surface area contributed by atoms with Gasteiger partial charge in [0.05, 0.1) is 37.4 Å². The molecule has 1 aromatic heterocycles. The van der Waals surface area contributed by atoms with Gasteiger partial charge in [-0.15, -0.1) is 0 Å². The molecule has 4 aromatic rings. The fourth-order valence-electron chi connectivity index (χ4n) is 7.04. The topological polar surface area (TPSA) is 129 Å². The number of benzene rings is 3. The number of aromatic carboxylic acids is 1. The van der Waals surface area contributed by atoms with E-state index in [4.69, 9.17) is 9.84 Å². The Balaban J connectivity index is 1.08. The van der Waals surface area contributed by atoms with Crippen LogP contribution in [0.15, 0.2) is 67.0 Å². The highest BCUT2D eigenvalue weighted by atomic mass is 19.3. The number of nitrogens with zero attached hydrogens (tertiary/aromatic N) is 4. The van der Waals surface area contributed by atoms with E-state index in [0.29, 0.717) is 23.4 Å². The molecule has 13 heteroatoms. The minimum atomic E-state index is -3.20. The SMILES string of the molecule is Cc1ccc(N[C@H]2CN(C(=O)OC(C)(C)C)CC2(F)F)cc1C(=O)N[C@H](C)c1ccc(C#CC2CCN(CCn3cc(C(=O)O)cn3)CC2)c2ccccc12. The van der Waals surface area contributed by atoms with Gasteiger partial charge in [0.1, 0.15) is 11.6 Å². The molecule has 0 radical (unpaired) electrons. The number of rotatable bonds is 9. The number of carbonyl (C=O) groups excluding carboxylic acids is 2. The molecule has 0 aliphatic carbocycles. The minimum absolute atomic E-state index is 0.188. The molecule has 2 amide bonds. The van der Waals surface area contributed by atoms with Crippen LogP contribution >= 0.6 is 0 Å². The second kappa shape index (κ2) is 16.1. The van der Waals surface area contributed by atoms with E-state index < -0.39 is 36.2 Å². The normalized spacial score (nSPS) is 18.0. The fourth-order valence-corrected chi connectivity index (χ4v) is 7.04. The van der Waals surface area contributed by atoms with Crippen molar-refractivity contribution >= 4 is 34.4 Å². The molecule has 2 fully saturated rings. The number of amides is 2. The quantitative estimate of drug-likeness (QED) is 0.157. The maximum Gasteiger partial charge on any atom is 0.410 e. The highest BCUT2D eigenvalue weighted by Gasteiger charge is 2.50. The van der Waals surface area contributed by atoms with E-state index >= 15 is 8.78 Å². The van der Waals surface area contributed by atoms with Gasteiger partial charge in [0, 0.05) is 35.5 Å². The predicted molar refractivity (Wildman–Crippen MR) is 206 cm³/mol. The zero-order chi connectivity index (χ0) is 39.5. The van der Waals surface area contributed by atoms with Crippen molar-refractivity contribution < 1.29 is 33.0 Å². The van der Waals surface area contributed by atoms with Gasteiger partial charge in [-0.3, -0.25) is 14.4 Å². The number of halogens is 2. The van der Waals surface area contributed by atoms with E-state index in [2.05, 4.69) is 32.5 Å². The summed E-state index contributed by atoms with van der Waals surface area (Å²) in [7, 11) is 0. The molecule has 3 aromatic carbocycles. The van der Waals surface area contributed by atoms with Crippen LogP contribution in [0.25, 0.3) is 10.8 Å². The van der Waals surface area contributed by atoms with Gasteiger partial charge >= 0.3 is 12.1 Å². The van der Waals surface area contributed by atoms with Gasteiger partial charge in [-0.1, -0.05) is 48.2 Å². The van der Waals surface area contributed by atoms with Crippen LogP contribution in [0.1, 0.15) is 84.0 Å². The number of alkyl halides is 2. The van der Waals surface area contributed by atoms with E-state index in [1.54, 1.807) is 56.8 Å². The predicted octanol–water partition coefficient (Wildman–Crippen LogP) is 6.96. The van der Waals surface area contributed by atoms with E-state index in [1.807, 2.05) is 43.3 Å². The van der Waals surface area contributed by atoms with Crippen molar-refractivity contribution in [2.75, 3.05) is 38.0 Å². The molecule has 55 heavy (non-hydrogen) atoms. The smallest absolute Gasteiger partial charge is 0.410 e. The second-order valence-electron chi connectivity index (χ2n) is 15.5. The van der Waals surface area contributed by atoms with Crippen molar-refractivity contribution in [1.82, 2.24) is 24.9 Å². The second-order valence-corrected chi connectivity index (χ2v) is 15.5. The van der Waals surface area contributed by atoms with E-state index in [9.17, 15) is 14.4 Å².